The van der Waals surface area contributed by atoms with E-state index in [0.29, 0.717) is 29.5 Å². The molecular weight excluding hydrogens is 352 g/mol. The third kappa shape index (κ3) is 5.62. The predicted octanol–water partition coefficient (Wildman–Crippen LogP) is 3.62. The Morgan fingerprint density at radius 1 is 1.31 bits per heavy atom. The van der Waals surface area contributed by atoms with Crippen LogP contribution < -0.4 is 0 Å². The zero-order valence-electron chi connectivity index (χ0n) is 16.2. The fourth-order valence-corrected chi connectivity index (χ4v) is 3.89. The Kier molecular flexibility index (Phi) is 6.92. The van der Waals surface area contributed by atoms with Crippen LogP contribution in [0.4, 0.5) is 0 Å². The van der Waals surface area contributed by atoms with Gasteiger partial charge in [0.1, 0.15) is 10.7 Å². The summed E-state index contributed by atoms with van der Waals surface area (Å²) in [6.45, 7) is 6.93. The molecule has 0 aliphatic heterocycles. The molecule has 6 nitrogen and oxygen atoms in total. The van der Waals surface area contributed by atoms with Crippen LogP contribution in [0.25, 0.3) is 0 Å². The zero-order valence-corrected chi connectivity index (χ0v) is 17.0. The molecule has 144 valence electrons. The zero-order chi connectivity index (χ0) is 19.4. The minimum atomic E-state index is -0.561. The van der Waals surface area contributed by atoms with Crippen molar-refractivity contribution < 1.29 is 19.1 Å². The summed E-state index contributed by atoms with van der Waals surface area (Å²) in [5.41, 5.74) is 0.376. The van der Waals surface area contributed by atoms with Crippen molar-refractivity contribution >= 4 is 29.0 Å². The molecule has 1 aromatic heterocycles. The van der Waals surface area contributed by atoms with Crippen molar-refractivity contribution in [3.63, 3.8) is 0 Å². The van der Waals surface area contributed by atoms with Gasteiger partial charge in [-0.25, -0.2) is 4.98 Å². The van der Waals surface area contributed by atoms with Crippen LogP contribution in [0, 0.1) is 11.8 Å². The van der Waals surface area contributed by atoms with E-state index >= 15 is 0 Å². The topological polar surface area (TPSA) is 76.6 Å². The summed E-state index contributed by atoms with van der Waals surface area (Å²) in [4.78, 5) is 41.8. The van der Waals surface area contributed by atoms with Crippen molar-refractivity contribution in [1.29, 1.82) is 0 Å². The van der Waals surface area contributed by atoms with Crippen molar-refractivity contribution in [2.75, 3.05) is 7.05 Å². The normalized spacial score (nSPS) is 16.2. The predicted molar refractivity (Wildman–Crippen MR) is 100.0 cm³/mol. The Morgan fingerprint density at radius 2 is 1.96 bits per heavy atom. The number of Topliss-reactive ketones (excluding diaryl/α,β-unsaturated/α-hetero) is 1. The fourth-order valence-electron chi connectivity index (χ4n) is 2.99. The Labute approximate surface area is 158 Å². The highest BCUT2D eigenvalue weighted by molar-refractivity contribution is 7.09. The van der Waals surface area contributed by atoms with Gasteiger partial charge in [-0.2, -0.15) is 0 Å². The molecule has 1 aliphatic rings. The Morgan fingerprint density at radius 3 is 2.42 bits per heavy atom. The molecule has 0 aromatic carbocycles. The lowest BCUT2D eigenvalue weighted by Gasteiger charge is -2.33. The first-order valence-electron chi connectivity index (χ1n) is 9.08. The van der Waals surface area contributed by atoms with Crippen LogP contribution >= 0.6 is 11.3 Å². The monoisotopic (exact) mass is 380 g/mol. The van der Waals surface area contributed by atoms with E-state index in [-0.39, 0.29) is 23.7 Å². The third-order valence-corrected chi connectivity index (χ3v) is 5.68. The summed E-state index contributed by atoms with van der Waals surface area (Å²) in [6.07, 6.45) is 2.76. The van der Waals surface area contributed by atoms with Crippen LogP contribution in [0.5, 0.6) is 0 Å². The molecule has 0 saturated heterocycles. The van der Waals surface area contributed by atoms with Gasteiger partial charge in [0.25, 0.3) is 0 Å². The molecule has 2 atom stereocenters. The second-order valence-electron chi connectivity index (χ2n) is 7.42. The maximum Gasteiger partial charge on any atom is 0.303 e. The Hall–Kier alpha value is -1.76. The third-order valence-electron chi connectivity index (χ3n) is 4.74. The van der Waals surface area contributed by atoms with E-state index in [2.05, 4.69) is 18.8 Å². The highest BCUT2D eigenvalue weighted by Gasteiger charge is 2.32. The van der Waals surface area contributed by atoms with Crippen molar-refractivity contribution in [2.24, 2.45) is 11.8 Å². The maximum absolute atomic E-state index is 12.5. The largest absolute Gasteiger partial charge is 0.455 e. The smallest absolute Gasteiger partial charge is 0.303 e. The minimum Gasteiger partial charge on any atom is -0.455 e. The van der Waals surface area contributed by atoms with Crippen LogP contribution in [0.2, 0.25) is 0 Å². The Bertz CT molecular complexity index is 666. The van der Waals surface area contributed by atoms with Crippen LogP contribution in [-0.4, -0.2) is 40.6 Å². The van der Waals surface area contributed by atoms with Crippen LogP contribution in [0.1, 0.15) is 75.0 Å². The van der Waals surface area contributed by atoms with Crippen LogP contribution in [0.3, 0.4) is 0 Å². The minimum absolute atomic E-state index is 0.0738. The Balaban J connectivity index is 2.17. The van der Waals surface area contributed by atoms with E-state index < -0.39 is 12.1 Å². The van der Waals surface area contributed by atoms with Gasteiger partial charge in [-0.1, -0.05) is 13.8 Å². The molecule has 0 radical (unpaired) electrons. The first-order chi connectivity index (χ1) is 12.2. The summed E-state index contributed by atoms with van der Waals surface area (Å²) in [5, 5.41) is 2.28. The molecule has 1 heterocycles. The number of carbonyl (C=O) groups excluding carboxylic acids is 3. The molecule has 1 saturated carbocycles. The molecule has 1 unspecified atom stereocenters. The second kappa shape index (κ2) is 8.75. The average Bonchev–Trinajstić information content (AvgIpc) is 3.21. The van der Waals surface area contributed by atoms with Gasteiger partial charge in [0, 0.05) is 45.2 Å². The highest BCUT2D eigenvalue weighted by atomic mass is 32.1. The van der Waals surface area contributed by atoms with Crippen LogP contribution in [-0.2, 0) is 14.3 Å². The molecule has 2 rings (SSSR count). The molecular formula is C19H28N2O4S. The summed E-state index contributed by atoms with van der Waals surface area (Å²) in [7, 11) is 1.82. The molecule has 7 heteroatoms. The van der Waals surface area contributed by atoms with Crippen LogP contribution in [0.15, 0.2) is 5.38 Å². The number of amides is 1. The number of aromatic nitrogens is 1. The van der Waals surface area contributed by atoms with Crippen molar-refractivity contribution in [1.82, 2.24) is 9.88 Å². The average molecular weight is 381 g/mol. The first kappa shape index (κ1) is 20.6. The summed E-state index contributed by atoms with van der Waals surface area (Å²) in [5.74, 6) is 0.346. The van der Waals surface area contributed by atoms with Gasteiger partial charge in [-0.05, 0) is 24.7 Å². The van der Waals surface area contributed by atoms with Gasteiger partial charge < -0.3 is 9.64 Å². The van der Waals surface area contributed by atoms with Gasteiger partial charge in [0.05, 0.1) is 0 Å². The number of hydrogen-bond acceptors (Lipinski definition) is 6. The number of hydrogen-bond donors (Lipinski definition) is 0. The van der Waals surface area contributed by atoms with E-state index in [4.69, 9.17) is 4.74 Å². The SMILES string of the molecule is CC(=O)O[C@H](CC(C(C)C)N(C)C(=O)CC1CC1)c1nc(C(C)=O)cs1. The summed E-state index contributed by atoms with van der Waals surface area (Å²) >= 11 is 1.31. The number of nitrogens with zero attached hydrogens (tertiary/aromatic N) is 2. The standard InChI is InChI=1S/C19H28N2O4S/c1-11(2)16(21(5)18(24)8-14-6-7-14)9-17(25-13(4)23)19-20-15(10-26-19)12(3)22/h10-11,14,16-17H,6-9H2,1-5H3/t16?,17-/m1/s1. The van der Waals surface area contributed by atoms with Crippen molar-refractivity contribution in [3.05, 3.63) is 16.1 Å². The lowest BCUT2D eigenvalue weighted by Crippen LogP contribution is -2.41. The number of ether oxygens (including phenoxy) is 1. The van der Waals surface area contributed by atoms with Crippen molar-refractivity contribution in [2.45, 2.75) is 65.5 Å². The van der Waals surface area contributed by atoms with Crippen molar-refractivity contribution in [3.8, 4) is 0 Å². The number of carbonyl (C=O) groups is 3. The highest BCUT2D eigenvalue weighted by Crippen LogP contribution is 2.34. The fraction of sp³-hybridized carbons (Fsp3) is 0.684. The summed E-state index contributed by atoms with van der Waals surface area (Å²) in [6, 6.07) is -0.0738. The molecule has 26 heavy (non-hydrogen) atoms. The molecule has 0 bridgehead atoms. The maximum atomic E-state index is 12.5. The number of rotatable bonds is 9. The van der Waals surface area contributed by atoms with Gasteiger partial charge in [0.15, 0.2) is 11.9 Å². The molecule has 0 N–H and O–H groups in total. The second-order valence-corrected chi connectivity index (χ2v) is 8.31. The van der Waals surface area contributed by atoms with E-state index in [9.17, 15) is 14.4 Å². The van der Waals surface area contributed by atoms with E-state index in [1.807, 2.05) is 7.05 Å². The first-order valence-corrected chi connectivity index (χ1v) is 9.96. The van der Waals surface area contributed by atoms with E-state index in [1.54, 1.807) is 10.3 Å². The van der Waals surface area contributed by atoms with Gasteiger partial charge in [-0.3, -0.25) is 14.4 Å². The van der Waals surface area contributed by atoms with Gasteiger partial charge in [0.2, 0.25) is 5.91 Å². The molecule has 1 amide bonds. The molecule has 1 aromatic rings. The lowest BCUT2D eigenvalue weighted by molar-refractivity contribution is -0.148. The van der Waals surface area contributed by atoms with Gasteiger partial charge >= 0.3 is 5.97 Å². The molecule has 1 fully saturated rings. The number of thiazole rings is 1. The van der Waals surface area contributed by atoms with E-state index in [0.717, 1.165) is 12.8 Å². The number of ketones is 1. The quantitative estimate of drug-likeness (QED) is 0.483. The lowest BCUT2D eigenvalue weighted by atomic mass is 9.96. The van der Waals surface area contributed by atoms with Gasteiger partial charge in [-0.15, -0.1) is 11.3 Å². The summed E-state index contributed by atoms with van der Waals surface area (Å²) < 4.78 is 5.49. The molecule has 1 aliphatic carbocycles. The number of esters is 1. The van der Waals surface area contributed by atoms with E-state index in [1.165, 1.54) is 25.2 Å². The molecule has 0 spiro atoms.